The minimum absolute atomic E-state index is 0.0173. The maximum absolute atomic E-state index is 10.9. The van der Waals surface area contributed by atoms with Crippen LogP contribution in [-0.2, 0) is 0 Å². The van der Waals surface area contributed by atoms with E-state index in [1.807, 2.05) is 12.3 Å². The lowest BCUT2D eigenvalue weighted by atomic mass is 10.3. The number of thiazole rings is 1. The maximum Gasteiger partial charge on any atom is 0.354 e. The molecule has 1 unspecified atom stereocenters. The third-order valence-corrected chi connectivity index (χ3v) is 3.20. The first-order valence-electron chi connectivity index (χ1n) is 5.31. The predicted molar refractivity (Wildman–Crippen MR) is 67.9 cm³/mol. The molecule has 0 bridgehead atoms. The van der Waals surface area contributed by atoms with Crippen molar-refractivity contribution in [2.24, 2.45) is 0 Å². The van der Waals surface area contributed by atoms with Crippen LogP contribution in [0.25, 0.3) is 0 Å². The van der Waals surface area contributed by atoms with Gasteiger partial charge in [0.15, 0.2) is 5.69 Å². The molecule has 0 radical (unpaired) electrons. The molecule has 6 nitrogen and oxygen atoms in total. The molecule has 0 amide bonds. The highest BCUT2D eigenvalue weighted by atomic mass is 32.1. The van der Waals surface area contributed by atoms with E-state index < -0.39 is 5.97 Å². The largest absolute Gasteiger partial charge is 0.477 e. The summed E-state index contributed by atoms with van der Waals surface area (Å²) >= 11 is 1.52. The second-order valence-corrected chi connectivity index (χ2v) is 4.69. The van der Waals surface area contributed by atoms with Crippen molar-refractivity contribution in [1.29, 1.82) is 0 Å². The maximum atomic E-state index is 10.9. The van der Waals surface area contributed by atoms with Gasteiger partial charge >= 0.3 is 5.97 Å². The van der Waals surface area contributed by atoms with Gasteiger partial charge in [-0.05, 0) is 19.9 Å². The van der Waals surface area contributed by atoms with Crippen molar-refractivity contribution in [3.8, 4) is 0 Å². The lowest BCUT2D eigenvalue weighted by Gasteiger charge is -2.11. The second kappa shape index (κ2) is 5.09. The molecule has 2 heterocycles. The van der Waals surface area contributed by atoms with Gasteiger partial charge in [-0.2, -0.15) is 0 Å². The van der Waals surface area contributed by atoms with Crippen molar-refractivity contribution in [2.75, 3.05) is 5.32 Å². The second-order valence-electron chi connectivity index (χ2n) is 3.76. The van der Waals surface area contributed by atoms with E-state index in [1.165, 1.54) is 17.4 Å². The average Bonchev–Trinajstić information content (AvgIpc) is 2.81. The van der Waals surface area contributed by atoms with E-state index in [0.717, 1.165) is 5.01 Å². The number of aryl methyl sites for hydroxylation is 1. The van der Waals surface area contributed by atoms with E-state index in [9.17, 15) is 4.79 Å². The molecule has 18 heavy (non-hydrogen) atoms. The molecular formula is C11H12N4O2S. The number of rotatable bonds is 4. The third-order valence-electron chi connectivity index (χ3n) is 2.24. The average molecular weight is 264 g/mol. The van der Waals surface area contributed by atoms with Crippen molar-refractivity contribution in [2.45, 2.75) is 19.9 Å². The lowest BCUT2D eigenvalue weighted by Crippen LogP contribution is -2.12. The van der Waals surface area contributed by atoms with Crippen LogP contribution in [0.15, 0.2) is 17.6 Å². The summed E-state index contributed by atoms with van der Waals surface area (Å²) in [4.78, 5) is 23.2. The molecule has 0 fully saturated rings. The van der Waals surface area contributed by atoms with Gasteiger partial charge < -0.3 is 10.4 Å². The number of carbonyl (C=O) groups is 1. The number of nitrogens with one attached hydrogen (secondary N) is 1. The van der Waals surface area contributed by atoms with Gasteiger partial charge in [0.25, 0.3) is 0 Å². The topological polar surface area (TPSA) is 88.0 Å². The van der Waals surface area contributed by atoms with Crippen LogP contribution >= 0.6 is 11.3 Å². The first-order valence-corrected chi connectivity index (χ1v) is 6.19. The van der Waals surface area contributed by atoms with Crippen LogP contribution in [0.3, 0.4) is 0 Å². The van der Waals surface area contributed by atoms with E-state index in [2.05, 4.69) is 20.3 Å². The molecule has 0 aliphatic heterocycles. The summed E-state index contributed by atoms with van der Waals surface area (Å²) in [5.74, 6) is -0.763. The van der Waals surface area contributed by atoms with Crippen molar-refractivity contribution < 1.29 is 9.90 Å². The molecule has 1 atom stereocenters. The Kier molecular flexibility index (Phi) is 3.52. The third kappa shape index (κ3) is 2.80. The Bertz CT molecular complexity index is 556. The lowest BCUT2D eigenvalue weighted by molar-refractivity contribution is 0.0690. The Morgan fingerprint density at radius 2 is 2.28 bits per heavy atom. The van der Waals surface area contributed by atoms with Gasteiger partial charge in [0.2, 0.25) is 5.95 Å². The Morgan fingerprint density at radius 3 is 2.89 bits per heavy atom. The molecule has 0 aromatic carbocycles. The van der Waals surface area contributed by atoms with Gasteiger partial charge in [-0.25, -0.2) is 19.7 Å². The van der Waals surface area contributed by atoms with Crippen molar-refractivity contribution in [1.82, 2.24) is 15.0 Å². The van der Waals surface area contributed by atoms with Crippen LogP contribution in [0.2, 0.25) is 0 Å². The molecule has 2 rings (SSSR count). The fraction of sp³-hybridized carbons (Fsp3) is 0.273. The standard InChI is InChI=1S/C11H12N4O2S/c1-6-5-8(10(16)17)15-11(13-6)14-7(2)9-12-3-4-18-9/h3-5,7H,1-2H3,(H,16,17)(H,13,14,15). The molecule has 2 N–H and O–H groups in total. The summed E-state index contributed by atoms with van der Waals surface area (Å²) < 4.78 is 0. The van der Waals surface area contributed by atoms with Gasteiger partial charge in [-0.1, -0.05) is 0 Å². The Labute approximate surface area is 108 Å². The molecule has 94 valence electrons. The van der Waals surface area contributed by atoms with Crippen LogP contribution in [0, 0.1) is 6.92 Å². The van der Waals surface area contributed by atoms with Gasteiger partial charge in [0.1, 0.15) is 5.01 Å². The minimum Gasteiger partial charge on any atom is -0.477 e. The number of aromatic nitrogens is 3. The molecule has 0 aliphatic carbocycles. The van der Waals surface area contributed by atoms with Gasteiger partial charge in [0, 0.05) is 17.3 Å². The summed E-state index contributed by atoms with van der Waals surface area (Å²) in [5, 5.41) is 14.7. The number of nitrogens with zero attached hydrogens (tertiary/aromatic N) is 3. The van der Waals surface area contributed by atoms with Crippen molar-refractivity contribution in [3.05, 3.63) is 34.0 Å². The SMILES string of the molecule is Cc1cc(C(=O)O)nc(NC(C)c2nccs2)n1. The van der Waals surface area contributed by atoms with E-state index in [1.54, 1.807) is 13.1 Å². The Hall–Kier alpha value is -2.02. The van der Waals surface area contributed by atoms with Gasteiger partial charge in [-0.3, -0.25) is 0 Å². The number of carboxylic acids is 1. The monoisotopic (exact) mass is 264 g/mol. The fourth-order valence-electron chi connectivity index (χ4n) is 1.45. The molecule has 0 saturated carbocycles. The first kappa shape index (κ1) is 12.4. The van der Waals surface area contributed by atoms with Crippen LogP contribution in [-0.4, -0.2) is 26.0 Å². The zero-order valence-corrected chi connectivity index (χ0v) is 10.7. The van der Waals surface area contributed by atoms with E-state index in [4.69, 9.17) is 5.11 Å². The minimum atomic E-state index is -1.06. The molecule has 2 aromatic rings. The van der Waals surface area contributed by atoms with Gasteiger partial charge in [-0.15, -0.1) is 11.3 Å². The van der Waals surface area contributed by atoms with Crippen molar-refractivity contribution in [3.63, 3.8) is 0 Å². The number of hydrogen-bond acceptors (Lipinski definition) is 6. The summed E-state index contributed by atoms with van der Waals surface area (Å²) in [7, 11) is 0. The highest BCUT2D eigenvalue weighted by molar-refractivity contribution is 7.09. The fourth-order valence-corrected chi connectivity index (χ4v) is 2.09. The molecule has 0 spiro atoms. The smallest absolute Gasteiger partial charge is 0.354 e. The number of aromatic carboxylic acids is 1. The van der Waals surface area contributed by atoms with E-state index in [0.29, 0.717) is 11.6 Å². The highest BCUT2D eigenvalue weighted by Crippen LogP contribution is 2.19. The van der Waals surface area contributed by atoms with Crippen LogP contribution in [0.1, 0.15) is 34.2 Å². The van der Waals surface area contributed by atoms with Crippen LogP contribution < -0.4 is 5.32 Å². The zero-order chi connectivity index (χ0) is 13.1. The molecule has 7 heteroatoms. The van der Waals surface area contributed by atoms with E-state index >= 15 is 0 Å². The summed E-state index contributed by atoms with van der Waals surface area (Å²) in [5.41, 5.74) is 0.590. The quantitative estimate of drug-likeness (QED) is 0.879. The normalized spacial score (nSPS) is 12.1. The van der Waals surface area contributed by atoms with Gasteiger partial charge in [0.05, 0.1) is 6.04 Å². The van der Waals surface area contributed by atoms with E-state index in [-0.39, 0.29) is 11.7 Å². The summed E-state index contributed by atoms with van der Waals surface area (Å²) in [6.45, 7) is 3.65. The van der Waals surface area contributed by atoms with Crippen LogP contribution in [0.5, 0.6) is 0 Å². The number of carboxylic acid groups (broad SMARTS) is 1. The van der Waals surface area contributed by atoms with Crippen LogP contribution in [0.4, 0.5) is 5.95 Å². The molecular weight excluding hydrogens is 252 g/mol. The number of anilines is 1. The predicted octanol–water partition coefficient (Wildman–Crippen LogP) is 2.11. The molecule has 0 aliphatic rings. The summed E-state index contributed by atoms with van der Waals surface area (Å²) in [6.07, 6.45) is 1.72. The highest BCUT2D eigenvalue weighted by Gasteiger charge is 2.12. The van der Waals surface area contributed by atoms with Crippen molar-refractivity contribution >= 4 is 23.3 Å². The zero-order valence-electron chi connectivity index (χ0n) is 9.91. The molecule has 2 aromatic heterocycles. The molecule has 0 saturated heterocycles. The first-order chi connectivity index (χ1) is 8.56. The Balaban J connectivity index is 2.21. The number of hydrogen-bond donors (Lipinski definition) is 2. The summed E-state index contributed by atoms with van der Waals surface area (Å²) in [6, 6.07) is 1.37. The Morgan fingerprint density at radius 1 is 1.50 bits per heavy atom.